The number of carbonyl (C=O) groups excluding carboxylic acids is 1. The topological polar surface area (TPSA) is 64.3 Å². The Morgan fingerprint density at radius 3 is 2.68 bits per heavy atom. The van der Waals surface area contributed by atoms with Crippen molar-refractivity contribution in [3.8, 4) is 0 Å². The zero-order chi connectivity index (χ0) is 13.7. The third kappa shape index (κ3) is 5.14. The van der Waals surface area contributed by atoms with E-state index in [9.17, 15) is 9.18 Å². The number of halogens is 2. The van der Waals surface area contributed by atoms with E-state index >= 15 is 0 Å². The van der Waals surface area contributed by atoms with Gasteiger partial charge >= 0.3 is 0 Å². The Bertz CT molecular complexity index is 429. The Labute approximate surface area is 118 Å². The van der Waals surface area contributed by atoms with Gasteiger partial charge in [-0.05, 0) is 31.0 Å². The highest BCUT2D eigenvalue weighted by atomic mass is 35.5. The minimum Gasteiger partial charge on any atom is -0.383 e. The van der Waals surface area contributed by atoms with E-state index in [0.717, 1.165) is 5.56 Å². The van der Waals surface area contributed by atoms with E-state index < -0.39 is 6.04 Å². The molecule has 0 spiro atoms. The van der Waals surface area contributed by atoms with Gasteiger partial charge < -0.3 is 15.8 Å². The van der Waals surface area contributed by atoms with E-state index in [-0.39, 0.29) is 36.8 Å². The number of hydrogen-bond acceptors (Lipinski definition) is 3. The van der Waals surface area contributed by atoms with Crippen LogP contribution in [-0.2, 0) is 9.53 Å². The first-order valence-corrected chi connectivity index (χ1v) is 5.76. The second kappa shape index (κ2) is 8.09. The molecule has 0 radical (unpaired) electrons. The molecule has 1 aromatic rings. The van der Waals surface area contributed by atoms with Gasteiger partial charge in [-0.25, -0.2) is 4.39 Å². The fourth-order valence-corrected chi connectivity index (χ4v) is 1.60. The number of ether oxygens (including phenoxy) is 1. The monoisotopic (exact) mass is 290 g/mol. The molecule has 0 aliphatic carbocycles. The molecule has 1 aromatic carbocycles. The zero-order valence-electron chi connectivity index (χ0n) is 11.3. The summed E-state index contributed by atoms with van der Waals surface area (Å²) in [6.07, 6.45) is 0. The number of methoxy groups -OCH3 is 1. The first-order chi connectivity index (χ1) is 8.45. The lowest BCUT2D eigenvalue weighted by atomic mass is 10.1. The van der Waals surface area contributed by atoms with Gasteiger partial charge in [0.25, 0.3) is 0 Å². The molecule has 108 valence electrons. The number of nitrogens with one attached hydrogen (secondary N) is 1. The summed E-state index contributed by atoms with van der Waals surface area (Å²) in [4.78, 5) is 11.7. The molecule has 0 aliphatic rings. The molecular weight excluding hydrogens is 271 g/mol. The molecule has 0 aliphatic heterocycles. The van der Waals surface area contributed by atoms with Crippen LogP contribution in [0.4, 0.5) is 4.39 Å². The van der Waals surface area contributed by atoms with Crippen LogP contribution in [0, 0.1) is 12.7 Å². The Morgan fingerprint density at radius 1 is 1.53 bits per heavy atom. The largest absolute Gasteiger partial charge is 0.383 e. The minimum atomic E-state index is -0.695. The van der Waals surface area contributed by atoms with Crippen molar-refractivity contribution in [2.75, 3.05) is 13.7 Å². The maximum atomic E-state index is 13.1. The number of benzene rings is 1. The summed E-state index contributed by atoms with van der Waals surface area (Å²) in [6, 6.07) is 3.83. The molecule has 6 heteroatoms. The van der Waals surface area contributed by atoms with Crippen LogP contribution in [0.1, 0.15) is 24.1 Å². The highest BCUT2D eigenvalue weighted by Gasteiger charge is 2.16. The maximum Gasteiger partial charge on any atom is 0.239 e. The van der Waals surface area contributed by atoms with Gasteiger partial charge in [-0.1, -0.05) is 12.1 Å². The summed E-state index contributed by atoms with van der Waals surface area (Å²) in [6.45, 7) is 3.68. The van der Waals surface area contributed by atoms with Gasteiger partial charge in [-0.2, -0.15) is 0 Å². The molecule has 0 bridgehead atoms. The van der Waals surface area contributed by atoms with Gasteiger partial charge in [-0.15, -0.1) is 12.4 Å². The number of amides is 1. The van der Waals surface area contributed by atoms with Crippen molar-refractivity contribution < 1.29 is 13.9 Å². The average Bonchev–Trinajstić information content (AvgIpc) is 2.32. The predicted molar refractivity (Wildman–Crippen MR) is 74.8 cm³/mol. The number of nitrogens with two attached hydrogens (primary N) is 1. The predicted octanol–water partition coefficient (Wildman–Crippen LogP) is 1.71. The van der Waals surface area contributed by atoms with Crippen molar-refractivity contribution in [1.82, 2.24) is 5.32 Å². The van der Waals surface area contributed by atoms with Crippen molar-refractivity contribution in [1.29, 1.82) is 0 Å². The first kappa shape index (κ1) is 17.8. The molecule has 2 unspecified atom stereocenters. The van der Waals surface area contributed by atoms with Crippen LogP contribution in [0.25, 0.3) is 0 Å². The summed E-state index contributed by atoms with van der Waals surface area (Å²) >= 11 is 0. The van der Waals surface area contributed by atoms with Gasteiger partial charge in [-0.3, -0.25) is 4.79 Å². The van der Waals surface area contributed by atoms with E-state index in [2.05, 4.69) is 5.32 Å². The number of aryl methyl sites for hydroxylation is 1. The fourth-order valence-electron chi connectivity index (χ4n) is 1.60. The second-order valence-electron chi connectivity index (χ2n) is 4.30. The summed E-state index contributed by atoms with van der Waals surface area (Å²) in [7, 11) is 1.49. The molecule has 0 saturated heterocycles. The van der Waals surface area contributed by atoms with Gasteiger partial charge in [0.2, 0.25) is 5.91 Å². The van der Waals surface area contributed by atoms with Crippen molar-refractivity contribution in [3.05, 3.63) is 35.1 Å². The van der Waals surface area contributed by atoms with Crippen LogP contribution in [0.2, 0.25) is 0 Å². The molecule has 19 heavy (non-hydrogen) atoms. The quantitative estimate of drug-likeness (QED) is 0.868. The number of rotatable bonds is 5. The van der Waals surface area contributed by atoms with Gasteiger partial charge in [0.15, 0.2) is 0 Å². The average molecular weight is 291 g/mol. The highest BCUT2D eigenvalue weighted by molar-refractivity contribution is 5.85. The van der Waals surface area contributed by atoms with Crippen LogP contribution in [0.3, 0.4) is 0 Å². The maximum absolute atomic E-state index is 13.1. The Morgan fingerprint density at radius 2 is 2.16 bits per heavy atom. The molecule has 3 N–H and O–H groups in total. The number of hydrogen-bond donors (Lipinski definition) is 2. The molecule has 0 saturated carbocycles. The zero-order valence-corrected chi connectivity index (χ0v) is 12.1. The molecular formula is C13H20ClFN2O2. The van der Waals surface area contributed by atoms with Gasteiger partial charge in [0.05, 0.1) is 12.6 Å². The molecule has 2 atom stereocenters. The molecule has 4 nitrogen and oxygen atoms in total. The van der Waals surface area contributed by atoms with Crippen LogP contribution >= 0.6 is 12.4 Å². The lowest BCUT2D eigenvalue weighted by Crippen LogP contribution is -2.44. The van der Waals surface area contributed by atoms with Gasteiger partial charge in [0, 0.05) is 7.11 Å². The van der Waals surface area contributed by atoms with E-state index in [0.29, 0.717) is 5.56 Å². The van der Waals surface area contributed by atoms with E-state index in [4.69, 9.17) is 10.5 Å². The molecule has 1 amide bonds. The van der Waals surface area contributed by atoms with Crippen molar-refractivity contribution in [2.24, 2.45) is 5.73 Å². The van der Waals surface area contributed by atoms with Gasteiger partial charge in [0.1, 0.15) is 11.9 Å². The van der Waals surface area contributed by atoms with E-state index in [1.807, 2.05) is 6.92 Å². The fraction of sp³-hybridized carbons (Fsp3) is 0.462. The minimum absolute atomic E-state index is 0. The summed E-state index contributed by atoms with van der Waals surface area (Å²) in [5.41, 5.74) is 7.00. The van der Waals surface area contributed by atoms with Crippen LogP contribution < -0.4 is 11.1 Å². The van der Waals surface area contributed by atoms with Crippen molar-refractivity contribution in [2.45, 2.75) is 25.9 Å². The molecule has 1 rings (SSSR count). The Hall–Kier alpha value is -1.17. The first-order valence-electron chi connectivity index (χ1n) is 5.76. The molecule has 0 heterocycles. The second-order valence-corrected chi connectivity index (χ2v) is 4.30. The van der Waals surface area contributed by atoms with Crippen LogP contribution in [0.5, 0.6) is 0 Å². The summed E-state index contributed by atoms with van der Waals surface area (Å²) < 4.78 is 17.9. The SMILES string of the molecule is COCC(N)C(=O)NC(C)c1ccc(F)c(C)c1.Cl. The summed E-state index contributed by atoms with van der Waals surface area (Å²) in [5, 5.41) is 2.76. The Balaban J connectivity index is 0.00000324. The van der Waals surface area contributed by atoms with Crippen molar-refractivity contribution >= 4 is 18.3 Å². The normalized spacial score (nSPS) is 13.3. The van der Waals surface area contributed by atoms with E-state index in [1.54, 1.807) is 19.1 Å². The third-order valence-corrected chi connectivity index (χ3v) is 2.72. The van der Waals surface area contributed by atoms with Crippen molar-refractivity contribution in [3.63, 3.8) is 0 Å². The van der Waals surface area contributed by atoms with Crippen LogP contribution in [-0.4, -0.2) is 25.7 Å². The summed E-state index contributed by atoms with van der Waals surface area (Å²) in [5.74, 6) is -0.542. The lowest BCUT2D eigenvalue weighted by molar-refractivity contribution is -0.124. The molecule has 0 fully saturated rings. The lowest BCUT2D eigenvalue weighted by Gasteiger charge is -2.18. The third-order valence-electron chi connectivity index (χ3n) is 2.72. The smallest absolute Gasteiger partial charge is 0.239 e. The molecule has 0 aromatic heterocycles. The highest BCUT2D eigenvalue weighted by Crippen LogP contribution is 2.16. The van der Waals surface area contributed by atoms with Crippen LogP contribution in [0.15, 0.2) is 18.2 Å². The van der Waals surface area contributed by atoms with E-state index in [1.165, 1.54) is 13.2 Å². The standard InChI is InChI=1S/C13H19FN2O2.ClH/c1-8-6-10(4-5-11(8)14)9(2)16-13(17)12(15)7-18-3;/h4-6,9,12H,7,15H2,1-3H3,(H,16,17);1H. The Kier molecular flexibility index (Phi) is 7.59. The number of carbonyl (C=O) groups is 1.